The fourth-order valence-corrected chi connectivity index (χ4v) is 2.55. The van der Waals surface area contributed by atoms with Gasteiger partial charge in [0.25, 0.3) is 0 Å². The molecule has 1 aromatic carbocycles. The van der Waals surface area contributed by atoms with Crippen LogP contribution in [0.4, 0.5) is 17.3 Å². The minimum atomic E-state index is 0.450. The van der Waals surface area contributed by atoms with Crippen LogP contribution in [-0.4, -0.2) is 36.1 Å². The molecule has 104 valence electrons. The molecule has 1 fully saturated rings. The monoisotopic (exact) mass is 289 g/mol. The molecule has 2 aromatic rings. The number of piperazine rings is 1. The van der Waals surface area contributed by atoms with Gasteiger partial charge in [-0.1, -0.05) is 17.7 Å². The molecule has 0 spiro atoms. The van der Waals surface area contributed by atoms with Crippen molar-refractivity contribution in [1.82, 2.24) is 9.97 Å². The molecule has 3 rings (SSSR count). The zero-order valence-corrected chi connectivity index (χ0v) is 11.8. The average Bonchev–Trinajstić information content (AvgIpc) is 2.48. The summed E-state index contributed by atoms with van der Waals surface area (Å²) in [6.07, 6.45) is 3.32. The molecule has 0 amide bonds. The maximum atomic E-state index is 6.04. The van der Waals surface area contributed by atoms with Crippen LogP contribution in [0.1, 0.15) is 0 Å². The minimum absolute atomic E-state index is 0.450. The molecule has 0 unspecified atom stereocenters. The fourth-order valence-electron chi connectivity index (χ4n) is 2.36. The zero-order valence-electron chi connectivity index (χ0n) is 11.0. The first-order valence-corrected chi connectivity index (χ1v) is 6.93. The lowest BCUT2D eigenvalue weighted by molar-refractivity contribution is 0.646. The molecule has 2 N–H and O–H groups in total. The van der Waals surface area contributed by atoms with E-state index in [0.717, 1.165) is 37.0 Å². The van der Waals surface area contributed by atoms with Gasteiger partial charge in [-0.15, -0.1) is 0 Å². The zero-order chi connectivity index (χ0) is 13.9. The maximum absolute atomic E-state index is 6.04. The Bertz CT molecular complexity index is 578. The van der Waals surface area contributed by atoms with Crippen LogP contribution in [-0.2, 0) is 0 Å². The third kappa shape index (κ3) is 2.77. The Hall–Kier alpha value is -2.01. The molecular formula is C14H16ClN5. The Kier molecular flexibility index (Phi) is 3.60. The predicted octanol–water partition coefficient (Wildman–Crippen LogP) is 2.04. The molecule has 5 nitrogen and oxygen atoms in total. The van der Waals surface area contributed by atoms with E-state index in [1.807, 2.05) is 18.2 Å². The second-order valence-corrected chi connectivity index (χ2v) is 5.19. The lowest BCUT2D eigenvalue weighted by Crippen LogP contribution is -2.46. The average molecular weight is 290 g/mol. The molecule has 0 aliphatic carbocycles. The molecule has 1 aromatic heterocycles. The Morgan fingerprint density at radius 2 is 1.75 bits per heavy atom. The van der Waals surface area contributed by atoms with Crippen LogP contribution in [0.3, 0.4) is 0 Å². The number of hydrogen-bond acceptors (Lipinski definition) is 5. The third-order valence-corrected chi connectivity index (χ3v) is 3.67. The maximum Gasteiger partial charge on any atom is 0.147 e. The van der Waals surface area contributed by atoms with Crippen molar-refractivity contribution in [2.45, 2.75) is 0 Å². The van der Waals surface area contributed by atoms with Crippen LogP contribution in [0, 0.1) is 0 Å². The van der Waals surface area contributed by atoms with E-state index in [-0.39, 0.29) is 0 Å². The van der Waals surface area contributed by atoms with Gasteiger partial charge in [0.15, 0.2) is 0 Å². The summed E-state index contributed by atoms with van der Waals surface area (Å²) in [6, 6.07) is 7.96. The summed E-state index contributed by atoms with van der Waals surface area (Å²) < 4.78 is 0. The van der Waals surface area contributed by atoms with Gasteiger partial charge < -0.3 is 15.5 Å². The Morgan fingerprint density at radius 3 is 2.40 bits per heavy atom. The van der Waals surface area contributed by atoms with Gasteiger partial charge >= 0.3 is 0 Å². The van der Waals surface area contributed by atoms with E-state index in [9.17, 15) is 0 Å². The van der Waals surface area contributed by atoms with Gasteiger partial charge in [0, 0.05) is 36.9 Å². The first-order chi connectivity index (χ1) is 9.72. The van der Waals surface area contributed by atoms with Gasteiger partial charge in [0.05, 0.1) is 12.4 Å². The van der Waals surface area contributed by atoms with Crippen molar-refractivity contribution in [2.24, 2.45) is 0 Å². The van der Waals surface area contributed by atoms with Gasteiger partial charge in [0.2, 0.25) is 0 Å². The largest absolute Gasteiger partial charge is 0.382 e. The van der Waals surface area contributed by atoms with Gasteiger partial charge in [-0.25, -0.2) is 9.97 Å². The van der Waals surface area contributed by atoms with E-state index in [1.54, 1.807) is 12.4 Å². The summed E-state index contributed by atoms with van der Waals surface area (Å²) in [7, 11) is 0. The molecular weight excluding hydrogens is 274 g/mol. The highest BCUT2D eigenvalue weighted by Crippen LogP contribution is 2.22. The van der Waals surface area contributed by atoms with Crippen LogP contribution in [0.25, 0.3) is 0 Å². The number of aromatic nitrogens is 2. The SMILES string of the molecule is Nc1cnc(N2CCN(c3cccc(Cl)c3)CC2)cn1. The van der Waals surface area contributed by atoms with Crippen LogP contribution in [0.2, 0.25) is 5.02 Å². The molecule has 0 bridgehead atoms. The summed E-state index contributed by atoms with van der Waals surface area (Å²) in [5.74, 6) is 1.33. The summed E-state index contributed by atoms with van der Waals surface area (Å²) >= 11 is 6.04. The van der Waals surface area contributed by atoms with Gasteiger partial charge in [-0.05, 0) is 18.2 Å². The first-order valence-electron chi connectivity index (χ1n) is 6.55. The molecule has 0 saturated carbocycles. The van der Waals surface area contributed by atoms with Crippen molar-refractivity contribution >= 4 is 28.9 Å². The predicted molar refractivity (Wildman–Crippen MR) is 82.3 cm³/mol. The number of nitrogen functional groups attached to an aromatic ring is 1. The standard InChI is InChI=1S/C14H16ClN5/c15-11-2-1-3-12(8-11)19-4-6-20(7-5-19)14-10-17-13(16)9-18-14/h1-3,8-10H,4-7H2,(H2,16,17). The van der Waals surface area contributed by atoms with E-state index in [1.165, 1.54) is 5.69 Å². The van der Waals surface area contributed by atoms with Gasteiger partial charge in [-0.2, -0.15) is 0 Å². The molecule has 6 heteroatoms. The number of anilines is 3. The summed E-state index contributed by atoms with van der Waals surface area (Å²) in [6.45, 7) is 3.69. The van der Waals surface area contributed by atoms with Crippen LogP contribution < -0.4 is 15.5 Å². The minimum Gasteiger partial charge on any atom is -0.382 e. The van der Waals surface area contributed by atoms with E-state index in [0.29, 0.717) is 5.82 Å². The van der Waals surface area contributed by atoms with Crippen LogP contribution >= 0.6 is 11.6 Å². The molecule has 0 atom stereocenters. The van der Waals surface area contributed by atoms with E-state index >= 15 is 0 Å². The smallest absolute Gasteiger partial charge is 0.147 e. The highest BCUT2D eigenvalue weighted by Gasteiger charge is 2.18. The lowest BCUT2D eigenvalue weighted by Gasteiger charge is -2.36. The quantitative estimate of drug-likeness (QED) is 0.917. The van der Waals surface area contributed by atoms with Crippen LogP contribution in [0.5, 0.6) is 0 Å². The third-order valence-electron chi connectivity index (χ3n) is 3.44. The van der Waals surface area contributed by atoms with Crippen molar-refractivity contribution < 1.29 is 0 Å². The highest BCUT2D eigenvalue weighted by molar-refractivity contribution is 6.30. The van der Waals surface area contributed by atoms with Crippen molar-refractivity contribution in [1.29, 1.82) is 0 Å². The van der Waals surface area contributed by atoms with Crippen LogP contribution in [0.15, 0.2) is 36.7 Å². The van der Waals surface area contributed by atoms with E-state index in [2.05, 4.69) is 25.8 Å². The first kappa shape index (κ1) is 13.0. The summed E-state index contributed by atoms with van der Waals surface area (Å²) in [5.41, 5.74) is 6.72. The molecule has 1 saturated heterocycles. The second kappa shape index (κ2) is 5.54. The van der Waals surface area contributed by atoms with Crippen molar-refractivity contribution in [3.05, 3.63) is 41.7 Å². The summed E-state index contributed by atoms with van der Waals surface area (Å²) in [4.78, 5) is 12.9. The normalized spacial score (nSPS) is 15.4. The van der Waals surface area contributed by atoms with Crippen molar-refractivity contribution in [3.63, 3.8) is 0 Å². The van der Waals surface area contributed by atoms with E-state index < -0.39 is 0 Å². The topological polar surface area (TPSA) is 58.3 Å². The molecule has 1 aliphatic heterocycles. The van der Waals surface area contributed by atoms with Crippen molar-refractivity contribution in [3.8, 4) is 0 Å². The summed E-state index contributed by atoms with van der Waals surface area (Å²) in [5, 5.41) is 0.773. The molecule has 2 heterocycles. The van der Waals surface area contributed by atoms with Gasteiger partial charge in [0.1, 0.15) is 11.6 Å². The lowest BCUT2D eigenvalue weighted by atomic mass is 10.2. The Morgan fingerprint density at radius 1 is 1.00 bits per heavy atom. The molecule has 20 heavy (non-hydrogen) atoms. The molecule has 1 aliphatic rings. The number of benzene rings is 1. The Labute approximate surface area is 123 Å². The number of nitrogens with two attached hydrogens (primary N) is 1. The van der Waals surface area contributed by atoms with Crippen molar-refractivity contribution in [2.75, 3.05) is 41.7 Å². The number of halogens is 1. The second-order valence-electron chi connectivity index (χ2n) is 4.75. The number of nitrogens with zero attached hydrogens (tertiary/aromatic N) is 4. The number of hydrogen-bond donors (Lipinski definition) is 1. The number of rotatable bonds is 2. The van der Waals surface area contributed by atoms with E-state index in [4.69, 9.17) is 17.3 Å². The fraction of sp³-hybridized carbons (Fsp3) is 0.286. The molecule has 0 radical (unpaired) electrons. The van der Waals surface area contributed by atoms with Gasteiger partial charge in [-0.3, -0.25) is 0 Å². The highest BCUT2D eigenvalue weighted by atomic mass is 35.5. The Balaban J connectivity index is 1.66.